The molecule has 1 N–H and O–H groups in total. The molecule has 0 bridgehead atoms. The Bertz CT molecular complexity index is 1020. The fraction of sp³-hybridized carbons (Fsp3) is 0.364. The maximum atomic E-state index is 14.4. The minimum Gasteiger partial charge on any atom is -0.494 e. The third-order valence-electron chi connectivity index (χ3n) is 4.94. The molecular formula is C22H27FN6O3. The van der Waals surface area contributed by atoms with E-state index in [0.717, 1.165) is 31.9 Å². The topological polar surface area (TPSA) is 94.4 Å². The van der Waals surface area contributed by atoms with Gasteiger partial charge in [-0.3, -0.25) is 9.48 Å². The molecule has 0 spiro atoms. The molecule has 0 aliphatic rings. The summed E-state index contributed by atoms with van der Waals surface area (Å²) in [6.07, 6.45) is 7.21. The molecule has 0 fully saturated rings. The van der Waals surface area contributed by atoms with Gasteiger partial charge in [0.25, 0.3) is 0 Å². The number of methoxy groups -OCH3 is 1. The molecule has 1 aromatic carbocycles. The molecule has 2 heterocycles. The highest BCUT2D eigenvalue weighted by Crippen LogP contribution is 2.24. The van der Waals surface area contributed by atoms with E-state index >= 15 is 0 Å². The van der Waals surface area contributed by atoms with E-state index in [0.29, 0.717) is 23.5 Å². The van der Waals surface area contributed by atoms with E-state index in [9.17, 15) is 9.18 Å². The highest BCUT2D eigenvalue weighted by atomic mass is 19.1. The Morgan fingerprint density at radius 3 is 2.59 bits per heavy atom. The van der Waals surface area contributed by atoms with Crippen LogP contribution in [-0.4, -0.2) is 57.7 Å². The van der Waals surface area contributed by atoms with E-state index in [-0.39, 0.29) is 17.9 Å². The molecule has 0 radical (unpaired) electrons. The van der Waals surface area contributed by atoms with Crippen LogP contribution in [0.4, 0.5) is 16.0 Å². The van der Waals surface area contributed by atoms with Crippen molar-refractivity contribution in [3.63, 3.8) is 0 Å². The van der Waals surface area contributed by atoms with Gasteiger partial charge >= 0.3 is 0 Å². The summed E-state index contributed by atoms with van der Waals surface area (Å²) in [5, 5.41) is 7.44. The van der Waals surface area contributed by atoms with Crippen LogP contribution in [0.25, 0.3) is 0 Å². The molecule has 0 atom stereocenters. The van der Waals surface area contributed by atoms with Gasteiger partial charge in [0.05, 0.1) is 37.9 Å². The smallest absolute Gasteiger partial charge is 0.227 e. The van der Waals surface area contributed by atoms with Crippen LogP contribution in [0.2, 0.25) is 0 Å². The number of halogens is 1. The number of likely N-dealkylation sites (N-methyl/N-ethyl adjacent to an activating group) is 1. The Morgan fingerprint density at radius 2 is 1.94 bits per heavy atom. The number of aromatic nitrogens is 4. The van der Waals surface area contributed by atoms with Gasteiger partial charge in [-0.1, -0.05) is 13.8 Å². The second-order valence-electron chi connectivity index (χ2n) is 6.99. The van der Waals surface area contributed by atoms with Crippen LogP contribution in [0.1, 0.15) is 29.8 Å². The summed E-state index contributed by atoms with van der Waals surface area (Å²) >= 11 is 0. The number of benzene rings is 1. The third kappa shape index (κ3) is 6.01. The van der Waals surface area contributed by atoms with Crippen LogP contribution in [-0.2, 0) is 13.2 Å². The Labute approximate surface area is 186 Å². The molecule has 9 nitrogen and oxygen atoms in total. The van der Waals surface area contributed by atoms with Gasteiger partial charge in [-0.05, 0) is 25.2 Å². The van der Waals surface area contributed by atoms with Gasteiger partial charge in [-0.2, -0.15) is 5.10 Å². The number of hydrogen-bond acceptors (Lipinski definition) is 8. The maximum Gasteiger partial charge on any atom is 0.227 e. The minimum atomic E-state index is -0.574. The third-order valence-corrected chi connectivity index (χ3v) is 4.94. The van der Waals surface area contributed by atoms with Gasteiger partial charge in [0.2, 0.25) is 5.95 Å². The van der Waals surface area contributed by atoms with Crippen molar-refractivity contribution in [2.45, 2.75) is 27.0 Å². The zero-order valence-corrected chi connectivity index (χ0v) is 18.4. The first-order valence-corrected chi connectivity index (χ1v) is 10.3. The van der Waals surface area contributed by atoms with Crippen molar-refractivity contribution in [3.8, 4) is 11.5 Å². The van der Waals surface area contributed by atoms with Crippen molar-refractivity contribution in [2.75, 3.05) is 32.1 Å². The molecule has 0 aliphatic heterocycles. The quantitative estimate of drug-likeness (QED) is 0.427. The molecule has 0 saturated carbocycles. The first-order valence-electron chi connectivity index (χ1n) is 10.3. The van der Waals surface area contributed by atoms with E-state index in [1.165, 1.54) is 31.6 Å². The minimum absolute atomic E-state index is 0.0124. The summed E-state index contributed by atoms with van der Waals surface area (Å²) in [4.78, 5) is 21.8. The number of rotatable bonds is 12. The maximum absolute atomic E-state index is 14.4. The Balaban J connectivity index is 1.56. The van der Waals surface area contributed by atoms with Crippen LogP contribution >= 0.6 is 0 Å². The first kappa shape index (κ1) is 23.1. The van der Waals surface area contributed by atoms with Crippen LogP contribution < -0.4 is 14.8 Å². The summed E-state index contributed by atoms with van der Waals surface area (Å²) < 4.78 is 26.8. The SMILES string of the molecule is CCN(CC)CCn1cc(Nc2ncc(OCc3cc(C=O)cc(OC)c3F)cn2)cn1. The van der Waals surface area contributed by atoms with Crippen LogP contribution in [0.3, 0.4) is 0 Å². The number of ether oxygens (including phenoxy) is 2. The van der Waals surface area contributed by atoms with Crippen molar-refractivity contribution in [3.05, 3.63) is 53.9 Å². The van der Waals surface area contributed by atoms with Crippen LogP contribution in [0.5, 0.6) is 11.5 Å². The van der Waals surface area contributed by atoms with Crippen molar-refractivity contribution < 1.29 is 18.7 Å². The number of anilines is 2. The van der Waals surface area contributed by atoms with Gasteiger partial charge < -0.3 is 19.7 Å². The second kappa shape index (κ2) is 11.2. The number of nitrogens with zero attached hydrogens (tertiary/aromatic N) is 5. The molecule has 0 aliphatic carbocycles. The standard InChI is InChI=1S/C22H27FN6O3/c1-4-28(5-2)6-7-29-13-18(10-26-29)27-22-24-11-19(12-25-22)32-15-17-8-16(14-30)9-20(31-3)21(17)23/h8-14H,4-7,15H2,1-3H3,(H,24,25,27). The van der Waals surface area contributed by atoms with E-state index in [1.54, 1.807) is 6.20 Å². The van der Waals surface area contributed by atoms with Crippen LogP contribution in [0.15, 0.2) is 36.9 Å². The number of aldehydes is 1. The van der Waals surface area contributed by atoms with Gasteiger partial charge in [-0.25, -0.2) is 14.4 Å². The average Bonchev–Trinajstić information content (AvgIpc) is 3.27. The fourth-order valence-corrected chi connectivity index (χ4v) is 3.08. The Hall–Kier alpha value is -3.53. The van der Waals surface area contributed by atoms with E-state index < -0.39 is 5.82 Å². The van der Waals surface area contributed by atoms with Gasteiger partial charge in [0.15, 0.2) is 17.3 Å². The van der Waals surface area contributed by atoms with E-state index in [4.69, 9.17) is 9.47 Å². The Morgan fingerprint density at radius 1 is 1.19 bits per heavy atom. The van der Waals surface area contributed by atoms with E-state index in [1.807, 2.05) is 10.9 Å². The molecule has 2 aromatic heterocycles. The van der Waals surface area contributed by atoms with Crippen molar-refractivity contribution in [1.82, 2.24) is 24.6 Å². The van der Waals surface area contributed by atoms with Gasteiger partial charge in [0.1, 0.15) is 12.9 Å². The molecule has 0 amide bonds. The lowest BCUT2D eigenvalue weighted by Crippen LogP contribution is -2.27. The molecule has 3 aromatic rings. The van der Waals surface area contributed by atoms with Gasteiger partial charge in [0, 0.05) is 23.9 Å². The molecule has 10 heteroatoms. The van der Waals surface area contributed by atoms with Crippen molar-refractivity contribution in [2.24, 2.45) is 0 Å². The van der Waals surface area contributed by atoms with E-state index in [2.05, 4.69) is 39.1 Å². The monoisotopic (exact) mass is 442 g/mol. The first-order chi connectivity index (χ1) is 15.6. The summed E-state index contributed by atoms with van der Waals surface area (Å²) in [5.74, 6) is 0.161. The predicted molar refractivity (Wildman–Crippen MR) is 118 cm³/mol. The summed E-state index contributed by atoms with van der Waals surface area (Å²) in [5.41, 5.74) is 1.28. The summed E-state index contributed by atoms with van der Waals surface area (Å²) in [7, 11) is 1.34. The van der Waals surface area contributed by atoms with Gasteiger partial charge in [-0.15, -0.1) is 0 Å². The van der Waals surface area contributed by atoms with Crippen molar-refractivity contribution in [1.29, 1.82) is 0 Å². The zero-order valence-electron chi connectivity index (χ0n) is 18.4. The molecule has 0 unspecified atom stereocenters. The van der Waals surface area contributed by atoms with Crippen LogP contribution in [0, 0.1) is 5.82 Å². The highest BCUT2D eigenvalue weighted by molar-refractivity contribution is 5.76. The second-order valence-corrected chi connectivity index (χ2v) is 6.99. The molecule has 32 heavy (non-hydrogen) atoms. The lowest BCUT2D eigenvalue weighted by atomic mass is 10.1. The number of carbonyl (C=O) groups excluding carboxylic acids is 1. The number of carbonyl (C=O) groups is 1. The summed E-state index contributed by atoms with van der Waals surface area (Å²) in [6.45, 7) is 7.92. The average molecular weight is 442 g/mol. The molecule has 0 saturated heterocycles. The molecular weight excluding hydrogens is 415 g/mol. The highest BCUT2D eigenvalue weighted by Gasteiger charge is 2.12. The molecule has 170 valence electrons. The summed E-state index contributed by atoms with van der Waals surface area (Å²) in [6, 6.07) is 2.75. The largest absolute Gasteiger partial charge is 0.494 e. The Kier molecular flexibility index (Phi) is 8.09. The lowest BCUT2D eigenvalue weighted by Gasteiger charge is -2.17. The lowest BCUT2D eigenvalue weighted by molar-refractivity contribution is 0.112. The van der Waals surface area contributed by atoms with Crippen molar-refractivity contribution >= 4 is 17.9 Å². The normalized spacial score (nSPS) is 10.9. The number of hydrogen-bond donors (Lipinski definition) is 1. The number of nitrogens with one attached hydrogen (secondary N) is 1. The fourth-order valence-electron chi connectivity index (χ4n) is 3.08. The zero-order chi connectivity index (χ0) is 22.9. The molecule has 3 rings (SSSR count). The predicted octanol–water partition coefficient (Wildman–Crippen LogP) is 3.30.